The second-order valence-corrected chi connectivity index (χ2v) is 6.70. The number of ether oxygens (including phenoxy) is 1. The molecule has 132 valence electrons. The third kappa shape index (κ3) is 3.72. The third-order valence-electron chi connectivity index (χ3n) is 4.27. The number of benzene rings is 2. The van der Waals surface area contributed by atoms with Crippen LogP contribution in [0.15, 0.2) is 40.9 Å². The minimum atomic E-state index is -0.137. The highest BCUT2D eigenvalue weighted by Gasteiger charge is 2.17. The molecule has 25 heavy (non-hydrogen) atoms. The van der Waals surface area contributed by atoms with Gasteiger partial charge in [0.1, 0.15) is 17.3 Å². The fraction of sp³-hybridized carbons (Fsp3) is 0.278. The lowest BCUT2D eigenvalue weighted by atomic mass is 10.1. The Balaban J connectivity index is 1.79. The number of morpholine rings is 1. The molecule has 1 aliphatic heterocycles. The van der Waals surface area contributed by atoms with Gasteiger partial charge in [0.15, 0.2) is 0 Å². The summed E-state index contributed by atoms with van der Waals surface area (Å²) in [5, 5.41) is 28.0. The molecule has 3 N–H and O–H groups in total. The maximum atomic E-state index is 10.0. The Morgan fingerprint density at radius 1 is 1.12 bits per heavy atom. The maximum Gasteiger partial charge on any atom is 0.136 e. The fourth-order valence-electron chi connectivity index (χ4n) is 2.76. The van der Waals surface area contributed by atoms with Crippen LogP contribution in [-0.4, -0.2) is 49.4 Å². The standard InChI is InChI=1S/C18H20BrN3O3/c1-21(18(20)14-10-15(19)17(24)11-16(14)23)12-2-4-13(5-3-12)22-6-8-25-9-7-22/h2-5,10-11,20,23-24H,6-9H2,1H3. The number of hydrogen-bond acceptors (Lipinski definition) is 5. The molecule has 3 rings (SSSR count). The van der Waals surface area contributed by atoms with Crippen LogP contribution in [0.3, 0.4) is 0 Å². The highest BCUT2D eigenvalue weighted by molar-refractivity contribution is 9.10. The first kappa shape index (κ1) is 17.6. The van der Waals surface area contributed by atoms with Crippen molar-refractivity contribution in [2.45, 2.75) is 0 Å². The summed E-state index contributed by atoms with van der Waals surface area (Å²) in [6.45, 7) is 3.23. The summed E-state index contributed by atoms with van der Waals surface area (Å²) >= 11 is 3.22. The van der Waals surface area contributed by atoms with Crippen LogP contribution in [-0.2, 0) is 4.74 Å². The first-order valence-electron chi connectivity index (χ1n) is 7.94. The van der Waals surface area contributed by atoms with Crippen LogP contribution < -0.4 is 9.80 Å². The molecule has 0 radical (unpaired) electrons. The molecule has 0 aromatic heterocycles. The number of amidine groups is 1. The number of phenolic OH excluding ortho intramolecular Hbond substituents is 2. The van der Waals surface area contributed by atoms with E-state index in [1.165, 1.54) is 12.1 Å². The molecular weight excluding hydrogens is 386 g/mol. The van der Waals surface area contributed by atoms with Gasteiger partial charge in [-0.25, -0.2) is 0 Å². The van der Waals surface area contributed by atoms with Gasteiger partial charge in [0.25, 0.3) is 0 Å². The third-order valence-corrected chi connectivity index (χ3v) is 4.90. The summed E-state index contributed by atoms with van der Waals surface area (Å²) in [6.07, 6.45) is 0. The number of nitrogens with one attached hydrogen (secondary N) is 1. The van der Waals surface area contributed by atoms with E-state index in [-0.39, 0.29) is 17.3 Å². The zero-order valence-electron chi connectivity index (χ0n) is 13.9. The van der Waals surface area contributed by atoms with Gasteiger partial charge in [-0.1, -0.05) is 0 Å². The number of rotatable bonds is 3. The van der Waals surface area contributed by atoms with E-state index in [0.717, 1.165) is 37.7 Å². The van der Waals surface area contributed by atoms with E-state index in [0.29, 0.717) is 10.0 Å². The van der Waals surface area contributed by atoms with Crippen LogP contribution >= 0.6 is 15.9 Å². The van der Waals surface area contributed by atoms with Crippen molar-refractivity contribution in [2.75, 3.05) is 43.2 Å². The fourth-order valence-corrected chi connectivity index (χ4v) is 3.10. The monoisotopic (exact) mass is 405 g/mol. The molecule has 2 aromatic carbocycles. The van der Waals surface area contributed by atoms with Gasteiger partial charge in [-0.2, -0.15) is 0 Å². The van der Waals surface area contributed by atoms with E-state index >= 15 is 0 Å². The lowest BCUT2D eigenvalue weighted by molar-refractivity contribution is 0.122. The molecule has 7 heteroatoms. The zero-order valence-corrected chi connectivity index (χ0v) is 15.5. The minimum absolute atomic E-state index is 0.0634. The van der Waals surface area contributed by atoms with Crippen molar-refractivity contribution in [3.05, 3.63) is 46.4 Å². The van der Waals surface area contributed by atoms with E-state index < -0.39 is 0 Å². The number of anilines is 2. The summed E-state index contributed by atoms with van der Waals surface area (Å²) in [6, 6.07) is 10.7. The Labute approximate surface area is 154 Å². The first-order chi connectivity index (χ1) is 12.0. The predicted octanol–water partition coefficient (Wildman–Crippen LogP) is 3.16. The average molecular weight is 406 g/mol. The van der Waals surface area contributed by atoms with Gasteiger partial charge in [-0.05, 0) is 46.3 Å². The molecule has 1 heterocycles. The molecule has 0 atom stereocenters. The summed E-state index contributed by atoms with van der Waals surface area (Å²) in [5.41, 5.74) is 2.30. The molecule has 0 amide bonds. The number of aromatic hydroxyl groups is 2. The lowest BCUT2D eigenvalue weighted by Crippen LogP contribution is -2.36. The molecular formula is C18H20BrN3O3. The molecule has 2 aromatic rings. The minimum Gasteiger partial charge on any atom is -0.507 e. The molecule has 0 aliphatic carbocycles. The van der Waals surface area contributed by atoms with Crippen molar-refractivity contribution in [3.63, 3.8) is 0 Å². The predicted molar refractivity (Wildman–Crippen MR) is 102 cm³/mol. The topological polar surface area (TPSA) is 80.0 Å². The second kappa shape index (κ2) is 7.33. The van der Waals surface area contributed by atoms with Crippen LogP contribution in [0.5, 0.6) is 11.5 Å². The van der Waals surface area contributed by atoms with Gasteiger partial charge in [0.05, 0.1) is 23.2 Å². The van der Waals surface area contributed by atoms with Gasteiger partial charge in [-0.15, -0.1) is 0 Å². The number of hydrogen-bond donors (Lipinski definition) is 3. The van der Waals surface area contributed by atoms with Gasteiger partial charge in [0.2, 0.25) is 0 Å². The van der Waals surface area contributed by atoms with Crippen molar-refractivity contribution in [2.24, 2.45) is 0 Å². The Bertz CT molecular complexity index is 774. The van der Waals surface area contributed by atoms with Crippen LogP contribution in [0, 0.1) is 5.41 Å². The second-order valence-electron chi connectivity index (χ2n) is 5.84. The Morgan fingerprint density at radius 2 is 1.76 bits per heavy atom. The van der Waals surface area contributed by atoms with E-state index in [1.54, 1.807) is 11.9 Å². The summed E-state index contributed by atoms with van der Waals surface area (Å²) in [7, 11) is 1.77. The highest BCUT2D eigenvalue weighted by Crippen LogP contribution is 2.32. The lowest BCUT2D eigenvalue weighted by Gasteiger charge is -2.29. The van der Waals surface area contributed by atoms with Gasteiger partial charge in [0, 0.05) is 37.6 Å². The van der Waals surface area contributed by atoms with E-state index in [4.69, 9.17) is 10.1 Å². The molecule has 0 bridgehead atoms. The normalized spacial score (nSPS) is 14.4. The van der Waals surface area contributed by atoms with Crippen molar-refractivity contribution in [1.29, 1.82) is 5.41 Å². The summed E-state index contributed by atoms with van der Waals surface area (Å²) in [5.74, 6) is -0.0635. The molecule has 0 spiro atoms. The van der Waals surface area contributed by atoms with Crippen molar-refractivity contribution < 1.29 is 14.9 Å². The number of halogens is 1. The smallest absolute Gasteiger partial charge is 0.136 e. The average Bonchev–Trinajstić information content (AvgIpc) is 2.64. The quantitative estimate of drug-likeness (QED) is 0.539. The summed E-state index contributed by atoms with van der Waals surface area (Å²) in [4.78, 5) is 3.95. The molecule has 1 aliphatic rings. The van der Waals surface area contributed by atoms with Crippen molar-refractivity contribution >= 4 is 33.1 Å². The van der Waals surface area contributed by atoms with Crippen LogP contribution in [0.2, 0.25) is 0 Å². The van der Waals surface area contributed by atoms with Crippen LogP contribution in [0.4, 0.5) is 11.4 Å². The highest BCUT2D eigenvalue weighted by atomic mass is 79.9. The number of phenols is 2. The van der Waals surface area contributed by atoms with E-state index in [2.05, 4.69) is 20.8 Å². The first-order valence-corrected chi connectivity index (χ1v) is 8.73. The molecule has 6 nitrogen and oxygen atoms in total. The van der Waals surface area contributed by atoms with E-state index in [9.17, 15) is 10.2 Å². The van der Waals surface area contributed by atoms with Gasteiger partial charge >= 0.3 is 0 Å². The molecule has 0 unspecified atom stereocenters. The SMILES string of the molecule is CN(C(=N)c1cc(Br)c(O)cc1O)c1ccc(N2CCOCC2)cc1. The van der Waals surface area contributed by atoms with Crippen LogP contribution in [0.25, 0.3) is 0 Å². The largest absolute Gasteiger partial charge is 0.507 e. The molecule has 0 saturated carbocycles. The molecule has 1 fully saturated rings. The van der Waals surface area contributed by atoms with Crippen molar-refractivity contribution in [1.82, 2.24) is 0 Å². The Morgan fingerprint density at radius 3 is 2.40 bits per heavy atom. The van der Waals surface area contributed by atoms with Crippen molar-refractivity contribution in [3.8, 4) is 11.5 Å². The zero-order chi connectivity index (χ0) is 18.0. The maximum absolute atomic E-state index is 10.0. The Hall–Kier alpha value is -2.25. The summed E-state index contributed by atoms with van der Waals surface area (Å²) < 4.78 is 5.80. The number of nitrogens with zero attached hydrogens (tertiary/aromatic N) is 2. The van der Waals surface area contributed by atoms with Crippen LogP contribution in [0.1, 0.15) is 5.56 Å². The molecule has 1 saturated heterocycles. The van der Waals surface area contributed by atoms with Gasteiger partial charge < -0.3 is 24.7 Å². The Kier molecular flexibility index (Phi) is 5.15. The van der Waals surface area contributed by atoms with E-state index in [1.807, 2.05) is 24.3 Å². The van der Waals surface area contributed by atoms with Gasteiger partial charge in [-0.3, -0.25) is 5.41 Å².